The highest BCUT2D eigenvalue weighted by atomic mass is 32.1. The molecule has 0 amide bonds. The number of hydrazone groups is 1. The molecule has 7 heteroatoms. The van der Waals surface area contributed by atoms with Gasteiger partial charge in [0.15, 0.2) is 16.6 Å². The average molecular weight is 373 g/mol. The first-order valence-corrected chi connectivity index (χ1v) is 8.72. The van der Waals surface area contributed by atoms with E-state index in [9.17, 15) is 0 Å². The Morgan fingerprint density at radius 2 is 1.81 bits per heavy atom. The van der Waals surface area contributed by atoms with Gasteiger partial charge in [-0.1, -0.05) is 18.2 Å². The fourth-order valence-electron chi connectivity index (χ4n) is 2.04. The molecule has 0 aliphatic heterocycles. The van der Waals surface area contributed by atoms with E-state index in [1.807, 2.05) is 55.5 Å². The standard InChI is InChI=1S/C19H23N3O3S/c1-3-23-18-13-15(14-21-22-19(26)20-2)9-10-17(18)25-12-11-24-16-7-5-4-6-8-16/h4-10,13-14H,3,11-12H2,1-2H3,(H2,20,22,26). The number of para-hydroxylation sites is 1. The minimum Gasteiger partial charge on any atom is -0.490 e. The van der Waals surface area contributed by atoms with Crippen molar-refractivity contribution in [3.63, 3.8) is 0 Å². The van der Waals surface area contributed by atoms with Gasteiger partial charge in [0.1, 0.15) is 19.0 Å². The van der Waals surface area contributed by atoms with E-state index >= 15 is 0 Å². The molecule has 0 heterocycles. The molecule has 2 rings (SSSR count). The van der Waals surface area contributed by atoms with Crippen LogP contribution in [-0.2, 0) is 0 Å². The molecule has 0 fully saturated rings. The van der Waals surface area contributed by atoms with Gasteiger partial charge in [0.05, 0.1) is 12.8 Å². The van der Waals surface area contributed by atoms with Crippen LogP contribution in [0.15, 0.2) is 53.6 Å². The lowest BCUT2D eigenvalue weighted by molar-refractivity contribution is 0.208. The van der Waals surface area contributed by atoms with Crippen LogP contribution in [0, 0.1) is 0 Å². The summed E-state index contributed by atoms with van der Waals surface area (Å²) in [5, 5.41) is 7.29. The van der Waals surface area contributed by atoms with Crippen LogP contribution in [0.5, 0.6) is 17.2 Å². The highest BCUT2D eigenvalue weighted by molar-refractivity contribution is 7.80. The Balaban J connectivity index is 1.91. The summed E-state index contributed by atoms with van der Waals surface area (Å²) in [6.45, 7) is 3.33. The molecule has 0 radical (unpaired) electrons. The summed E-state index contributed by atoms with van der Waals surface area (Å²) in [5.41, 5.74) is 3.57. The molecular formula is C19H23N3O3S. The molecule has 2 N–H and O–H groups in total. The molecule has 0 aliphatic rings. The molecule has 0 saturated carbocycles. The maximum atomic E-state index is 5.79. The average Bonchev–Trinajstić information content (AvgIpc) is 2.67. The van der Waals surface area contributed by atoms with Gasteiger partial charge in [0.2, 0.25) is 0 Å². The molecule has 0 bridgehead atoms. The van der Waals surface area contributed by atoms with E-state index in [1.54, 1.807) is 13.3 Å². The molecule has 0 spiro atoms. The quantitative estimate of drug-likeness (QED) is 0.305. The van der Waals surface area contributed by atoms with Crippen molar-refractivity contribution in [2.45, 2.75) is 6.92 Å². The van der Waals surface area contributed by atoms with Crippen molar-refractivity contribution < 1.29 is 14.2 Å². The highest BCUT2D eigenvalue weighted by Crippen LogP contribution is 2.28. The summed E-state index contributed by atoms with van der Waals surface area (Å²) < 4.78 is 17.1. The lowest BCUT2D eigenvalue weighted by Crippen LogP contribution is -2.28. The van der Waals surface area contributed by atoms with E-state index in [-0.39, 0.29) is 0 Å². The number of rotatable bonds is 9. The second-order valence-electron chi connectivity index (χ2n) is 5.10. The van der Waals surface area contributed by atoms with E-state index in [1.165, 1.54) is 0 Å². The Labute approximate surface area is 159 Å². The van der Waals surface area contributed by atoms with Crippen LogP contribution in [-0.4, -0.2) is 38.2 Å². The fraction of sp³-hybridized carbons (Fsp3) is 0.263. The second-order valence-corrected chi connectivity index (χ2v) is 5.51. The number of hydrogen-bond donors (Lipinski definition) is 2. The zero-order valence-corrected chi connectivity index (χ0v) is 15.7. The first kappa shape index (κ1) is 19.5. The van der Waals surface area contributed by atoms with Gasteiger partial charge in [-0.3, -0.25) is 5.43 Å². The third-order valence-corrected chi connectivity index (χ3v) is 3.52. The Bertz CT molecular complexity index is 723. The summed E-state index contributed by atoms with van der Waals surface area (Å²) in [6, 6.07) is 15.2. The van der Waals surface area contributed by atoms with E-state index in [0.717, 1.165) is 11.3 Å². The van der Waals surface area contributed by atoms with E-state index in [2.05, 4.69) is 15.8 Å². The van der Waals surface area contributed by atoms with Gasteiger partial charge in [0, 0.05) is 7.05 Å². The highest BCUT2D eigenvalue weighted by Gasteiger charge is 2.06. The minimum absolute atomic E-state index is 0.417. The van der Waals surface area contributed by atoms with Crippen LogP contribution in [0.1, 0.15) is 12.5 Å². The molecule has 0 aromatic heterocycles. The summed E-state index contributed by atoms with van der Waals surface area (Å²) in [7, 11) is 1.73. The van der Waals surface area contributed by atoms with Gasteiger partial charge < -0.3 is 19.5 Å². The summed E-state index contributed by atoms with van der Waals surface area (Å²) in [4.78, 5) is 0. The van der Waals surface area contributed by atoms with Gasteiger partial charge >= 0.3 is 0 Å². The van der Waals surface area contributed by atoms with Crippen LogP contribution >= 0.6 is 12.2 Å². The van der Waals surface area contributed by atoms with Crippen LogP contribution in [0.25, 0.3) is 0 Å². The smallest absolute Gasteiger partial charge is 0.186 e. The van der Waals surface area contributed by atoms with Gasteiger partial charge in [-0.15, -0.1) is 0 Å². The number of benzene rings is 2. The Morgan fingerprint density at radius 3 is 2.54 bits per heavy atom. The Kier molecular flexibility index (Phi) is 8.21. The third-order valence-electron chi connectivity index (χ3n) is 3.23. The number of nitrogens with one attached hydrogen (secondary N) is 2. The molecule has 0 aliphatic carbocycles. The maximum absolute atomic E-state index is 5.79. The van der Waals surface area contributed by atoms with Crippen LogP contribution < -0.4 is 25.0 Å². The monoisotopic (exact) mass is 373 g/mol. The molecule has 2 aromatic rings. The largest absolute Gasteiger partial charge is 0.490 e. The van der Waals surface area contributed by atoms with E-state index in [4.69, 9.17) is 26.4 Å². The van der Waals surface area contributed by atoms with E-state index < -0.39 is 0 Å². The van der Waals surface area contributed by atoms with Crippen molar-refractivity contribution in [1.29, 1.82) is 0 Å². The number of hydrogen-bond acceptors (Lipinski definition) is 5. The maximum Gasteiger partial charge on any atom is 0.186 e. The minimum atomic E-state index is 0.417. The van der Waals surface area contributed by atoms with Crippen molar-refractivity contribution in [3.8, 4) is 17.2 Å². The predicted octanol–water partition coefficient (Wildman–Crippen LogP) is 2.97. The summed E-state index contributed by atoms with van der Waals surface area (Å²) >= 11 is 4.96. The van der Waals surface area contributed by atoms with Crippen molar-refractivity contribution >= 4 is 23.5 Å². The fourth-order valence-corrected chi connectivity index (χ4v) is 2.09. The zero-order chi connectivity index (χ0) is 18.6. The summed E-state index contributed by atoms with van der Waals surface area (Å²) in [6.07, 6.45) is 1.66. The molecular weight excluding hydrogens is 350 g/mol. The molecule has 0 atom stereocenters. The van der Waals surface area contributed by atoms with Crippen molar-refractivity contribution in [1.82, 2.24) is 10.7 Å². The number of nitrogens with zero attached hydrogens (tertiary/aromatic N) is 1. The molecule has 2 aromatic carbocycles. The normalized spacial score (nSPS) is 10.4. The lowest BCUT2D eigenvalue weighted by atomic mass is 10.2. The van der Waals surface area contributed by atoms with Crippen molar-refractivity contribution in [2.24, 2.45) is 5.10 Å². The Morgan fingerprint density at radius 1 is 1.04 bits per heavy atom. The van der Waals surface area contributed by atoms with Gasteiger partial charge in [0.25, 0.3) is 0 Å². The van der Waals surface area contributed by atoms with Crippen LogP contribution in [0.3, 0.4) is 0 Å². The first-order chi connectivity index (χ1) is 12.7. The topological polar surface area (TPSA) is 64.1 Å². The first-order valence-electron chi connectivity index (χ1n) is 8.31. The molecule has 0 saturated heterocycles. The van der Waals surface area contributed by atoms with Crippen molar-refractivity contribution in [3.05, 3.63) is 54.1 Å². The summed E-state index contributed by atoms with van der Waals surface area (Å²) in [5.74, 6) is 2.14. The van der Waals surface area contributed by atoms with Crippen LogP contribution in [0.2, 0.25) is 0 Å². The Hall–Kier alpha value is -2.80. The van der Waals surface area contributed by atoms with Gasteiger partial charge in [-0.05, 0) is 55.0 Å². The van der Waals surface area contributed by atoms with Crippen LogP contribution in [0.4, 0.5) is 0 Å². The molecule has 6 nitrogen and oxygen atoms in total. The molecule has 26 heavy (non-hydrogen) atoms. The third kappa shape index (κ3) is 6.60. The second kappa shape index (κ2) is 10.9. The van der Waals surface area contributed by atoms with E-state index in [0.29, 0.717) is 36.4 Å². The number of thiocarbonyl (C=S) groups is 1. The molecule has 0 unspecified atom stereocenters. The van der Waals surface area contributed by atoms with Gasteiger partial charge in [-0.2, -0.15) is 5.10 Å². The number of ether oxygens (including phenoxy) is 3. The SMILES string of the molecule is CCOc1cc(C=NNC(=S)NC)ccc1OCCOc1ccccc1. The molecule has 138 valence electrons. The van der Waals surface area contributed by atoms with Gasteiger partial charge in [-0.25, -0.2) is 0 Å². The predicted molar refractivity (Wildman–Crippen MR) is 107 cm³/mol. The lowest BCUT2D eigenvalue weighted by Gasteiger charge is -2.13. The zero-order valence-electron chi connectivity index (χ0n) is 14.9. The van der Waals surface area contributed by atoms with Crippen molar-refractivity contribution in [2.75, 3.05) is 26.9 Å².